The molecule has 1 N–H and O–H groups in total. The Balaban J connectivity index is 1.58. The topological polar surface area (TPSA) is 86.1 Å². The molecule has 2 aromatic rings. The molecule has 9 heteroatoms. The fraction of sp³-hybridized carbons (Fsp3) is 0.579. The summed E-state index contributed by atoms with van der Waals surface area (Å²) < 4.78 is 34.9. The lowest BCUT2D eigenvalue weighted by Gasteiger charge is -2.23. The third-order valence-corrected chi connectivity index (χ3v) is 5.15. The Morgan fingerprint density at radius 2 is 1.75 bits per heavy atom. The van der Waals surface area contributed by atoms with Crippen molar-refractivity contribution in [2.45, 2.75) is 64.1 Å². The SMILES string of the molecule is CC(C)(C)OC(=O)NC1(Cn2nc3c(F)c4c(c(F)c3n2)CC(C=O)C4)CC1. The van der Waals surface area contributed by atoms with Crippen molar-refractivity contribution in [1.82, 2.24) is 20.3 Å². The van der Waals surface area contributed by atoms with E-state index in [0.717, 1.165) is 6.29 Å². The summed E-state index contributed by atoms with van der Waals surface area (Å²) in [4.78, 5) is 24.3. The van der Waals surface area contributed by atoms with Crippen LogP contribution in [0.25, 0.3) is 11.0 Å². The summed E-state index contributed by atoms with van der Waals surface area (Å²) in [5, 5.41) is 11.1. The average molecular weight is 392 g/mol. The zero-order valence-electron chi connectivity index (χ0n) is 16.0. The van der Waals surface area contributed by atoms with E-state index in [1.165, 1.54) is 4.80 Å². The van der Waals surface area contributed by atoms with Crippen LogP contribution < -0.4 is 5.32 Å². The Labute approximate surface area is 160 Å². The number of nitrogens with one attached hydrogen (secondary N) is 1. The molecule has 0 saturated heterocycles. The first kappa shape index (κ1) is 18.8. The van der Waals surface area contributed by atoms with Crippen molar-refractivity contribution in [3.05, 3.63) is 22.8 Å². The van der Waals surface area contributed by atoms with Crippen LogP contribution in [0.3, 0.4) is 0 Å². The van der Waals surface area contributed by atoms with Crippen molar-refractivity contribution in [3.8, 4) is 0 Å². The summed E-state index contributed by atoms with van der Waals surface area (Å²) in [6.07, 6.45) is 1.93. The third-order valence-electron chi connectivity index (χ3n) is 5.15. The van der Waals surface area contributed by atoms with Crippen LogP contribution in [0.4, 0.5) is 13.6 Å². The molecule has 1 amide bonds. The van der Waals surface area contributed by atoms with Crippen LogP contribution in [-0.4, -0.2) is 38.5 Å². The maximum atomic E-state index is 14.8. The number of aromatic nitrogens is 3. The quantitative estimate of drug-likeness (QED) is 0.809. The van der Waals surface area contributed by atoms with Gasteiger partial charge in [0.05, 0.1) is 12.1 Å². The summed E-state index contributed by atoms with van der Waals surface area (Å²) >= 11 is 0. The van der Waals surface area contributed by atoms with Gasteiger partial charge < -0.3 is 14.8 Å². The fourth-order valence-corrected chi connectivity index (χ4v) is 3.65. The van der Waals surface area contributed by atoms with Gasteiger partial charge in [0.15, 0.2) is 22.7 Å². The van der Waals surface area contributed by atoms with Crippen molar-refractivity contribution < 1.29 is 23.1 Å². The van der Waals surface area contributed by atoms with Crippen molar-refractivity contribution in [3.63, 3.8) is 0 Å². The van der Waals surface area contributed by atoms with Crippen LogP contribution in [0.15, 0.2) is 0 Å². The first-order valence-electron chi connectivity index (χ1n) is 9.31. The average Bonchev–Trinajstić information content (AvgIpc) is 3.04. The smallest absolute Gasteiger partial charge is 0.408 e. The van der Waals surface area contributed by atoms with E-state index in [1.54, 1.807) is 20.8 Å². The summed E-state index contributed by atoms with van der Waals surface area (Å²) in [5.74, 6) is -1.65. The molecule has 28 heavy (non-hydrogen) atoms. The van der Waals surface area contributed by atoms with Crippen LogP contribution in [-0.2, 0) is 28.9 Å². The zero-order valence-corrected chi connectivity index (χ0v) is 16.0. The van der Waals surface area contributed by atoms with Gasteiger partial charge in [0.1, 0.15) is 11.9 Å². The molecule has 0 spiro atoms. The number of ether oxygens (including phenoxy) is 1. The molecule has 150 valence electrons. The minimum atomic E-state index is -0.620. The van der Waals surface area contributed by atoms with Gasteiger partial charge in [-0.05, 0) is 57.6 Å². The van der Waals surface area contributed by atoms with E-state index >= 15 is 0 Å². The molecule has 2 aliphatic carbocycles. The lowest BCUT2D eigenvalue weighted by atomic mass is 10.1. The number of alkyl carbamates (subject to hydrolysis) is 1. The minimum absolute atomic E-state index is 0.143. The zero-order chi connectivity index (χ0) is 20.3. The molecule has 0 radical (unpaired) electrons. The molecule has 1 aromatic heterocycles. The van der Waals surface area contributed by atoms with Gasteiger partial charge in [-0.25, -0.2) is 13.6 Å². The monoisotopic (exact) mass is 392 g/mol. The van der Waals surface area contributed by atoms with Gasteiger partial charge in [0.2, 0.25) is 0 Å². The minimum Gasteiger partial charge on any atom is -0.444 e. The number of aldehydes is 1. The highest BCUT2D eigenvalue weighted by Gasteiger charge is 2.46. The number of nitrogens with zero attached hydrogens (tertiary/aromatic N) is 3. The van der Waals surface area contributed by atoms with Gasteiger partial charge in [0.25, 0.3) is 0 Å². The highest BCUT2D eigenvalue weighted by atomic mass is 19.1. The number of halogens is 2. The third kappa shape index (κ3) is 3.33. The van der Waals surface area contributed by atoms with Crippen molar-refractivity contribution in [2.24, 2.45) is 5.92 Å². The molecule has 1 aromatic carbocycles. The second-order valence-electron chi connectivity index (χ2n) is 8.72. The number of hydrogen-bond donors (Lipinski definition) is 1. The molecular weight excluding hydrogens is 370 g/mol. The van der Waals surface area contributed by atoms with Crippen LogP contribution >= 0.6 is 0 Å². The first-order chi connectivity index (χ1) is 13.1. The Morgan fingerprint density at radius 3 is 2.18 bits per heavy atom. The fourth-order valence-electron chi connectivity index (χ4n) is 3.65. The van der Waals surface area contributed by atoms with Gasteiger partial charge in [-0.2, -0.15) is 15.0 Å². The number of hydrogen-bond acceptors (Lipinski definition) is 5. The normalized spacial score (nSPS) is 18.2. The molecule has 1 saturated carbocycles. The highest BCUT2D eigenvalue weighted by Crippen LogP contribution is 2.38. The molecule has 0 atom stereocenters. The van der Waals surface area contributed by atoms with Gasteiger partial charge >= 0.3 is 6.09 Å². The van der Waals surface area contributed by atoms with E-state index in [4.69, 9.17) is 4.74 Å². The molecule has 0 aliphatic heterocycles. The van der Waals surface area contributed by atoms with Crippen molar-refractivity contribution >= 4 is 23.4 Å². The van der Waals surface area contributed by atoms with Crippen LogP contribution in [0.1, 0.15) is 44.7 Å². The van der Waals surface area contributed by atoms with E-state index < -0.39 is 34.8 Å². The number of carbonyl (C=O) groups excluding carboxylic acids is 2. The predicted octanol–water partition coefficient (Wildman–Crippen LogP) is 2.68. The van der Waals surface area contributed by atoms with E-state index in [1.807, 2.05) is 0 Å². The summed E-state index contributed by atoms with van der Waals surface area (Å²) in [6.45, 7) is 5.51. The highest BCUT2D eigenvalue weighted by molar-refractivity contribution is 5.79. The van der Waals surface area contributed by atoms with E-state index in [9.17, 15) is 18.4 Å². The first-order valence-corrected chi connectivity index (χ1v) is 9.31. The van der Waals surface area contributed by atoms with Crippen LogP contribution in [0.2, 0.25) is 0 Å². The van der Waals surface area contributed by atoms with Gasteiger partial charge in [-0.1, -0.05) is 0 Å². The Bertz CT molecular complexity index is 927. The lowest BCUT2D eigenvalue weighted by molar-refractivity contribution is -0.110. The second-order valence-corrected chi connectivity index (χ2v) is 8.72. The van der Waals surface area contributed by atoms with E-state index in [0.29, 0.717) is 12.8 Å². The molecule has 7 nitrogen and oxygen atoms in total. The number of benzene rings is 1. The standard InChI is InChI=1S/C19H22F2N4O3/c1-18(2,3)28-17(27)22-19(4-5-19)9-25-23-15-13(20)11-6-10(8-26)7-12(11)14(21)16(15)24-25/h8,10H,4-7,9H2,1-3H3,(H,22,27). The Hall–Kier alpha value is -2.58. The lowest BCUT2D eigenvalue weighted by Crippen LogP contribution is -2.43. The maximum absolute atomic E-state index is 14.8. The maximum Gasteiger partial charge on any atom is 0.408 e. The van der Waals surface area contributed by atoms with Gasteiger partial charge in [0, 0.05) is 5.92 Å². The van der Waals surface area contributed by atoms with E-state index in [-0.39, 0.29) is 41.5 Å². The summed E-state index contributed by atoms with van der Waals surface area (Å²) in [5.41, 5.74) is -1.06. The number of carbonyl (C=O) groups is 2. The largest absolute Gasteiger partial charge is 0.444 e. The molecule has 1 heterocycles. The molecule has 2 aliphatic rings. The molecule has 4 rings (SSSR count). The summed E-state index contributed by atoms with van der Waals surface area (Å²) in [7, 11) is 0. The van der Waals surface area contributed by atoms with Gasteiger partial charge in [-0.15, -0.1) is 0 Å². The molecule has 0 bridgehead atoms. The number of fused-ring (bicyclic) bond motifs is 2. The summed E-state index contributed by atoms with van der Waals surface area (Å²) in [6, 6.07) is 0. The number of rotatable bonds is 4. The van der Waals surface area contributed by atoms with Crippen molar-refractivity contribution in [2.75, 3.05) is 0 Å². The van der Waals surface area contributed by atoms with Gasteiger partial charge in [-0.3, -0.25) is 0 Å². The van der Waals surface area contributed by atoms with Crippen LogP contribution in [0, 0.1) is 17.6 Å². The Morgan fingerprint density at radius 1 is 1.21 bits per heavy atom. The molecule has 1 fully saturated rings. The molecule has 0 unspecified atom stereocenters. The Kier molecular flexibility index (Phi) is 4.17. The van der Waals surface area contributed by atoms with E-state index in [2.05, 4.69) is 15.5 Å². The number of amides is 1. The molecular formula is C19H22F2N4O3. The predicted molar refractivity (Wildman–Crippen MR) is 95.7 cm³/mol. The van der Waals surface area contributed by atoms with Crippen molar-refractivity contribution in [1.29, 1.82) is 0 Å². The van der Waals surface area contributed by atoms with Crippen LogP contribution in [0.5, 0.6) is 0 Å². The second kappa shape index (κ2) is 6.22.